The van der Waals surface area contributed by atoms with E-state index in [1.807, 2.05) is 6.07 Å². The van der Waals surface area contributed by atoms with Gasteiger partial charge in [0.15, 0.2) is 5.79 Å². The maximum Gasteiger partial charge on any atom is 0.254 e. The van der Waals surface area contributed by atoms with E-state index in [2.05, 4.69) is 10.6 Å². The van der Waals surface area contributed by atoms with Gasteiger partial charge in [-0.15, -0.1) is 0 Å². The van der Waals surface area contributed by atoms with Gasteiger partial charge in [-0.2, -0.15) is 0 Å². The Morgan fingerprint density at radius 3 is 2.32 bits per heavy atom. The molecule has 3 rings (SSSR count). The molecule has 1 fully saturated rings. The second-order valence-corrected chi connectivity index (χ2v) is 7.58. The second kappa shape index (κ2) is 10.5. The molecule has 0 unspecified atom stereocenters. The molecule has 1 aliphatic rings. The highest BCUT2D eigenvalue weighted by Crippen LogP contribution is 2.20. The van der Waals surface area contributed by atoms with Crippen LogP contribution in [0, 0.1) is 5.82 Å². The normalized spacial score (nSPS) is 20.9. The first-order chi connectivity index (χ1) is 14.9. The minimum absolute atomic E-state index is 0.0492. The number of rotatable bonds is 6. The summed E-state index contributed by atoms with van der Waals surface area (Å²) in [5.41, 5.74) is 0.473. The smallest absolute Gasteiger partial charge is 0.254 e. The second-order valence-electron chi connectivity index (χ2n) is 7.58. The first-order valence-corrected chi connectivity index (χ1v) is 10.1. The number of carbonyl (C=O) groups is 2. The molecule has 0 radical (unpaired) electrons. The van der Waals surface area contributed by atoms with Crippen LogP contribution in [0.15, 0.2) is 54.6 Å². The fourth-order valence-corrected chi connectivity index (χ4v) is 3.25. The third kappa shape index (κ3) is 6.58. The SMILES string of the molecule is CC1(C)OCCO[C@H](CNC(=O)c2ccccc2F)[C@H](CNC(=O)c2ccccc2)O1. The first-order valence-electron chi connectivity index (χ1n) is 10.1. The molecule has 2 aromatic carbocycles. The largest absolute Gasteiger partial charge is 0.371 e. The number of halogens is 1. The molecule has 0 aromatic heterocycles. The van der Waals surface area contributed by atoms with Crippen molar-refractivity contribution in [1.82, 2.24) is 10.6 Å². The van der Waals surface area contributed by atoms with Crippen molar-refractivity contribution in [2.75, 3.05) is 26.3 Å². The van der Waals surface area contributed by atoms with Gasteiger partial charge < -0.3 is 24.8 Å². The van der Waals surface area contributed by atoms with Gasteiger partial charge in [0.05, 0.1) is 18.8 Å². The van der Waals surface area contributed by atoms with Crippen molar-refractivity contribution in [2.45, 2.75) is 31.8 Å². The van der Waals surface area contributed by atoms with E-state index in [-0.39, 0.29) is 31.2 Å². The zero-order valence-corrected chi connectivity index (χ0v) is 17.6. The van der Waals surface area contributed by atoms with E-state index in [4.69, 9.17) is 14.2 Å². The molecular weight excluding hydrogens is 403 g/mol. The lowest BCUT2D eigenvalue weighted by Crippen LogP contribution is -2.52. The van der Waals surface area contributed by atoms with Crippen LogP contribution < -0.4 is 10.6 Å². The molecule has 0 aliphatic carbocycles. The van der Waals surface area contributed by atoms with E-state index in [1.54, 1.807) is 44.2 Å². The van der Waals surface area contributed by atoms with Crippen molar-refractivity contribution in [1.29, 1.82) is 0 Å². The number of ether oxygens (including phenoxy) is 3. The van der Waals surface area contributed by atoms with E-state index >= 15 is 0 Å². The molecule has 0 saturated carbocycles. The van der Waals surface area contributed by atoms with Crippen molar-refractivity contribution in [3.63, 3.8) is 0 Å². The average Bonchev–Trinajstić information content (AvgIpc) is 2.75. The fraction of sp³-hybridized carbons (Fsp3) is 0.391. The average molecular weight is 430 g/mol. The van der Waals surface area contributed by atoms with Gasteiger partial charge in [-0.25, -0.2) is 4.39 Å². The Balaban J connectivity index is 1.67. The van der Waals surface area contributed by atoms with Crippen LogP contribution in [-0.4, -0.2) is 56.1 Å². The van der Waals surface area contributed by atoms with Crippen LogP contribution in [0.4, 0.5) is 4.39 Å². The highest BCUT2D eigenvalue weighted by atomic mass is 19.1. The highest BCUT2D eigenvalue weighted by Gasteiger charge is 2.33. The van der Waals surface area contributed by atoms with Gasteiger partial charge in [-0.05, 0) is 38.1 Å². The Morgan fingerprint density at radius 2 is 1.58 bits per heavy atom. The van der Waals surface area contributed by atoms with Crippen LogP contribution in [0.1, 0.15) is 34.6 Å². The number of nitrogens with one attached hydrogen (secondary N) is 2. The minimum atomic E-state index is -0.903. The Labute approximate surface area is 180 Å². The van der Waals surface area contributed by atoms with Gasteiger partial charge in [-0.3, -0.25) is 9.59 Å². The third-order valence-corrected chi connectivity index (χ3v) is 4.80. The van der Waals surface area contributed by atoms with Crippen LogP contribution in [0.3, 0.4) is 0 Å². The topological polar surface area (TPSA) is 85.9 Å². The first kappa shape index (κ1) is 22.9. The summed E-state index contributed by atoms with van der Waals surface area (Å²) in [6.07, 6.45) is -1.18. The molecule has 1 saturated heterocycles. The Hall–Kier alpha value is -2.81. The monoisotopic (exact) mass is 430 g/mol. The van der Waals surface area contributed by atoms with Gasteiger partial charge in [0.25, 0.3) is 11.8 Å². The standard InChI is InChI=1S/C23H27FN2O5/c1-23(2)30-13-12-29-19(14-26-22(28)17-10-6-7-11-18(17)24)20(31-23)15-25-21(27)16-8-4-3-5-9-16/h3-11,19-20H,12-15H2,1-2H3,(H,25,27)(H,26,28)/t19-,20+/m1/s1. The lowest BCUT2D eigenvalue weighted by atomic mass is 10.1. The molecule has 2 N–H and O–H groups in total. The molecule has 8 heteroatoms. The maximum absolute atomic E-state index is 13.9. The van der Waals surface area contributed by atoms with Crippen LogP contribution in [0.2, 0.25) is 0 Å². The summed E-state index contributed by atoms with van der Waals surface area (Å²) in [6.45, 7) is 4.37. The Kier molecular flexibility index (Phi) is 7.73. The molecule has 2 amide bonds. The lowest BCUT2D eigenvalue weighted by Gasteiger charge is -2.37. The summed E-state index contributed by atoms with van der Waals surface area (Å²) < 4.78 is 31.4. The zero-order valence-electron chi connectivity index (χ0n) is 17.6. The molecular formula is C23H27FN2O5. The molecule has 2 aromatic rings. The van der Waals surface area contributed by atoms with Gasteiger partial charge in [0, 0.05) is 18.7 Å². The summed E-state index contributed by atoms with van der Waals surface area (Å²) in [5, 5.41) is 5.54. The zero-order chi connectivity index (χ0) is 22.3. The highest BCUT2D eigenvalue weighted by molar-refractivity contribution is 5.94. The van der Waals surface area contributed by atoms with Crippen molar-refractivity contribution in [3.8, 4) is 0 Å². The van der Waals surface area contributed by atoms with E-state index < -0.39 is 29.7 Å². The third-order valence-electron chi connectivity index (χ3n) is 4.80. The van der Waals surface area contributed by atoms with E-state index in [0.29, 0.717) is 12.2 Å². The van der Waals surface area contributed by atoms with Crippen molar-refractivity contribution >= 4 is 11.8 Å². The lowest BCUT2D eigenvalue weighted by molar-refractivity contribution is -0.277. The molecule has 0 spiro atoms. The molecule has 166 valence electrons. The minimum Gasteiger partial charge on any atom is -0.371 e. The number of amides is 2. The summed E-state index contributed by atoms with van der Waals surface area (Å²) in [6, 6.07) is 14.6. The molecule has 1 heterocycles. The van der Waals surface area contributed by atoms with Crippen LogP contribution in [0.5, 0.6) is 0 Å². The van der Waals surface area contributed by atoms with Crippen molar-refractivity contribution in [2.24, 2.45) is 0 Å². The van der Waals surface area contributed by atoms with Gasteiger partial charge in [-0.1, -0.05) is 30.3 Å². The molecule has 7 nitrogen and oxygen atoms in total. The summed E-state index contributed by atoms with van der Waals surface area (Å²) in [5.74, 6) is -2.30. The maximum atomic E-state index is 13.9. The Bertz CT molecular complexity index is 891. The van der Waals surface area contributed by atoms with Crippen LogP contribution >= 0.6 is 0 Å². The van der Waals surface area contributed by atoms with E-state index in [9.17, 15) is 14.0 Å². The summed E-state index contributed by atoms with van der Waals surface area (Å²) >= 11 is 0. The summed E-state index contributed by atoms with van der Waals surface area (Å²) in [7, 11) is 0. The molecule has 1 aliphatic heterocycles. The quantitative estimate of drug-likeness (QED) is 0.736. The number of hydrogen-bond donors (Lipinski definition) is 2. The predicted octanol–water partition coefficient (Wildman–Crippen LogP) is 2.52. The Morgan fingerprint density at radius 1 is 0.935 bits per heavy atom. The molecule has 0 bridgehead atoms. The van der Waals surface area contributed by atoms with Crippen molar-refractivity contribution in [3.05, 3.63) is 71.5 Å². The van der Waals surface area contributed by atoms with Crippen LogP contribution in [0.25, 0.3) is 0 Å². The van der Waals surface area contributed by atoms with E-state index in [1.165, 1.54) is 18.2 Å². The number of benzene rings is 2. The summed E-state index contributed by atoms with van der Waals surface area (Å²) in [4.78, 5) is 24.9. The van der Waals surface area contributed by atoms with Crippen LogP contribution in [-0.2, 0) is 14.2 Å². The molecule has 2 atom stereocenters. The fourth-order valence-electron chi connectivity index (χ4n) is 3.25. The van der Waals surface area contributed by atoms with Crippen molar-refractivity contribution < 1.29 is 28.2 Å². The van der Waals surface area contributed by atoms with E-state index in [0.717, 1.165) is 0 Å². The van der Waals surface area contributed by atoms with Gasteiger partial charge in [0.1, 0.15) is 18.0 Å². The van der Waals surface area contributed by atoms with Gasteiger partial charge in [0.2, 0.25) is 0 Å². The number of hydrogen-bond acceptors (Lipinski definition) is 5. The number of carbonyl (C=O) groups excluding carboxylic acids is 2. The van der Waals surface area contributed by atoms with Gasteiger partial charge >= 0.3 is 0 Å². The predicted molar refractivity (Wildman–Crippen MR) is 112 cm³/mol. The molecule has 31 heavy (non-hydrogen) atoms.